The number of aliphatic hydroxyl groups is 1. The van der Waals surface area contributed by atoms with Gasteiger partial charge in [0.25, 0.3) is 5.91 Å². The summed E-state index contributed by atoms with van der Waals surface area (Å²) in [6.07, 6.45) is 4.21. The van der Waals surface area contributed by atoms with Crippen LogP contribution in [0.2, 0.25) is 0 Å². The first-order valence-electron chi connectivity index (χ1n) is 10.9. The highest BCUT2D eigenvalue weighted by atomic mass is 16.3. The lowest BCUT2D eigenvalue weighted by atomic mass is 9.66. The number of anilines is 1. The fourth-order valence-electron chi connectivity index (χ4n) is 4.21. The Balaban J connectivity index is 1.65. The third-order valence-corrected chi connectivity index (χ3v) is 6.38. The van der Waals surface area contributed by atoms with Crippen molar-refractivity contribution in [3.63, 3.8) is 0 Å². The van der Waals surface area contributed by atoms with Gasteiger partial charge in [-0.05, 0) is 62.3 Å². The van der Waals surface area contributed by atoms with Gasteiger partial charge in [-0.15, -0.1) is 0 Å². The number of carbonyl (C=O) groups excluding carboxylic acids is 1. The van der Waals surface area contributed by atoms with Crippen LogP contribution in [0.4, 0.5) is 5.69 Å². The zero-order valence-electron chi connectivity index (χ0n) is 19.2. The van der Waals surface area contributed by atoms with E-state index < -0.39 is 11.5 Å². The molecule has 0 bridgehead atoms. The highest BCUT2D eigenvalue weighted by Crippen LogP contribution is 2.47. The molecular weight excluding hydrogens is 402 g/mol. The van der Waals surface area contributed by atoms with E-state index in [1.807, 2.05) is 29.1 Å². The second-order valence-corrected chi connectivity index (χ2v) is 10.3. The van der Waals surface area contributed by atoms with Crippen molar-refractivity contribution in [1.82, 2.24) is 14.8 Å². The van der Waals surface area contributed by atoms with Crippen molar-refractivity contribution < 1.29 is 9.90 Å². The molecule has 0 aliphatic heterocycles. The van der Waals surface area contributed by atoms with Crippen molar-refractivity contribution in [1.29, 1.82) is 5.26 Å². The first-order valence-corrected chi connectivity index (χ1v) is 10.9. The Hall–Kier alpha value is -3.24. The molecule has 2 heterocycles. The van der Waals surface area contributed by atoms with E-state index in [9.17, 15) is 9.90 Å². The normalized spacial score (nSPS) is 18.8. The summed E-state index contributed by atoms with van der Waals surface area (Å²) in [5.41, 5.74) is 1.28. The molecule has 1 aliphatic rings. The molecule has 1 aromatic carbocycles. The molecule has 1 saturated carbocycles. The van der Waals surface area contributed by atoms with Crippen molar-refractivity contribution in [3.05, 3.63) is 53.5 Å². The number of fused-ring (bicyclic) bond motifs is 1. The largest absolute Gasteiger partial charge is 0.386 e. The maximum atomic E-state index is 12.8. The summed E-state index contributed by atoms with van der Waals surface area (Å²) in [6, 6.07) is 10.7. The molecule has 0 spiro atoms. The molecular formula is C25H29N5O2. The van der Waals surface area contributed by atoms with Crippen LogP contribution in [0, 0.1) is 22.7 Å². The number of rotatable bonds is 4. The van der Waals surface area contributed by atoms with Crippen LogP contribution in [0.1, 0.15) is 75.2 Å². The second-order valence-electron chi connectivity index (χ2n) is 10.3. The fourth-order valence-corrected chi connectivity index (χ4v) is 4.21. The maximum absolute atomic E-state index is 12.8. The van der Waals surface area contributed by atoms with E-state index in [4.69, 9.17) is 10.4 Å². The summed E-state index contributed by atoms with van der Waals surface area (Å²) in [5.74, 6) is 0.240. The van der Waals surface area contributed by atoms with Crippen molar-refractivity contribution in [3.8, 4) is 6.07 Å². The van der Waals surface area contributed by atoms with E-state index in [0.29, 0.717) is 28.6 Å². The van der Waals surface area contributed by atoms with E-state index in [0.717, 1.165) is 23.7 Å². The van der Waals surface area contributed by atoms with Gasteiger partial charge >= 0.3 is 0 Å². The molecule has 1 fully saturated rings. The molecule has 3 aromatic rings. The van der Waals surface area contributed by atoms with Crippen LogP contribution in [-0.2, 0) is 5.60 Å². The summed E-state index contributed by atoms with van der Waals surface area (Å²) < 4.78 is 2.02. The third kappa shape index (κ3) is 4.23. The van der Waals surface area contributed by atoms with E-state index >= 15 is 0 Å². The smallest absolute Gasteiger partial charge is 0.274 e. The van der Waals surface area contributed by atoms with Crippen molar-refractivity contribution in [2.24, 2.45) is 11.3 Å². The molecule has 4 rings (SSSR count). The second kappa shape index (κ2) is 7.72. The first kappa shape index (κ1) is 22.0. The van der Waals surface area contributed by atoms with E-state index in [-0.39, 0.29) is 11.4 Å². The van der Waals surface area contributed by atoms with Gasteiger partial charge in [0.15, 0.2) is 0 Å². The number of carbonyl (C=O) groups is 1. The Labute approximate surface area is 188 Å². The van der Waals surface area contributed by atoms with Gasteiger partial charge in [-0.3, -0.25) is 9.48 Å². The van der Waals surface area contributed by atoms with Crippen LogP contribution in [0.3, 0.4) is 0 Å². The number of amides is 1. The topological polar surface area (TPSA) is 104 Å². The van der Waals surface area contributed by atoms with Crippen LogP contribution >= 0.6 is 0 Å². The highest BCUT2D eigenvalue weighted by Gasteiger charge is 2.38. The van der Waals surface area contributed by atoms with Gasteiger partial charge in [-0.1, -0.05) is 26.8 Å². The summed E-state index contributed by atoms with van der Waals surface area (Å²) in [6.45, 7) is 10.2. The Morgan fingerprint density at radius 3 is 2.56 bits per heavy atom. The summed E-state index contributed by atoms with van der Waals surface area (Å²) in [7, 11) is 0. The summed E-state index contributed by atoms with van der Waals surface area (Å²) in [4.78, 5) is 16.9. The van der Waals surface area contributed by atoms with Gasteiger partial charge in [0, 0.05) is 22.8 Å². The molecule has 1 amide bonds. The van der Waals surface area contributed by atoms with Crippen LogP contribution < -0.4 is 5.32 Å². The van der Waals surface area contributed by atoms with E-state index in [1.165, 1.54) is 0 Å². The first-order chi connectivity index (χ1) is 15.0. The number of nitrogens with zero attached hydrogens (tertiary/aromatic N) is 4. The molecule has 166 valence electrons. The minimum atomic E-state index is -1.18. The SMILES string of the molecule is CC(C)(O)c1cc2nn(C3CC(C(C)(C)C)C3)cc2cc1NC(=O)c1cccc(C#N)n1. The molecule has 1 aliphatic carbocycles. The predicted molar refractivity (Wildman–Crippen MR) is 123 cm³/mol. The van der Waals surface area contributed by atoms with E-state index in [2.05, 4.69) is 31.1 Å². The summed E-state index contributed by atoms with van der Waals surface area (Å²) >= 11 is 0. The van der Waals surface area contributed by atoms with Crippen LogP contribution in [0.25, 0.3) is 10.9 Å². The average molecular weight is 432 g/mol. The summed E-state index contributed by atoms with van der Waals surface area (Å²) in [5, 5.41) is 28.3. The average Bonchev–Trinajstić information content (AvgIpc) is 3.06. The van der Waals surface area contributed by atoms with Crippen LogP contribution in [-0.4, -0.2) is 25.8 Å². The minimum absolute atomic E-state index is 0.143. The molecule has 7 nitrogen and oxygen atoms in total. The van der Waals surface area contributed by atoms with Gasteiger partial charge in [0.1, 0.15) is 17.5 Å². The molecule has 32 heavy (non-hydrogen) atoms. The lowest BCUT2D eigenvalue weighted by Crippen LogP contribution is -2.35. The standard InChI is InChI=1S/C25H29N5O2/c1-24(2,3)16-10-18(11-16)30-14-15-9-22(19(25(4,5)32)12-21(15)29-30)28-23(31)20-8-6-7-17(13-26)27-20/h6-9,12,14,16,18,32H,10-11H2,1-5H3,(H,28,31). The Bertz CT molecular complexity index is 1220. The Morgan fingerprint density at radius 2 is 1.94 bits per heavy atom. The van der Waals surface area contributed by atoms with Crippen molar-refractivity contribution >= 4 is 22.5 Å². The zero-order valence-corrected chi connectivity index (χ0v) is 19.2. The number of hydrogen-bond acceptors (Lipinski definition) is 5. The zero-order chi connectivity index (χ0) is 23.3. The quantitative estimate of drug-likeness (QED) is 0.619. The van der Waals surface area contributed by atoms with E-state index in [1.54, 1.807) is 32.0 Å². The van der Waals surface area contributed by atoms with Crippen LogP contribution in [0.5, 0.6) is 0 Å². The monoisotopic (exact) mass is 431 g/mol. The number of nitriles is 1. The number of aromatic nitrogens is 3. The van der Waals surface area contributed by atoms with Gasteiger partial charge in [0.05, 0.1) is 17.2 Å². The number of hydrogen-bond donors (Lipinski definition) is 2. The van der Waals surface area contributed by atoms with Crippen LogP contribution in [0.15, 0.2) is 36.5 Å². The fraction of sp³-hybridized carbons (Fsp3) is 0.440. The maximum Gasteiger partial charge on any atom is 0.274 e. The minimum Gasteiger partial charge on any atom is -0.386 e. The Kier molecular flexibility index (Phi) is 5.30. The number of nitrogens with one attached hydrogen (secondary N) is 1. The number of benzene rings is 1. The molecule has 0 saturated heterocycles. The molecule has 2 aromatic heterocycles. The van der Waals surface area contributed by atoms with Gasteiger partial charge < -0.3 is 10.4 Å². The predicted octanol–water partition coefficient (Wildman–Crippen LogP) is 4.78. The third-order valence-electron chi connectivity index (χ3n) is 6.38. The lowest BCUT2D eigenvalue weighted by Gasteiger charge is -2.43. The van der Waals surface area contributed by atoms with Gasteiger partial charge in [-0.25, -0.2) is 4.98 Å². The lowest BCUT2D eigenvalue weighted by molar-refractivity contribution is 0.0756. The van der Waals surface area contributed by atoms with Crippen molar-refractivity contribution in [2.45, 2.75) is 59.1 Å². The molecule has 7 heteroatoms. The van der Waals surface area contributed by atoms with Crippen molar-refractivity contribution in [2.75, 3.05) is 5.32 Å². The number of pyridine rings is 1. The Morgan fingerprint density at radius 1 is 1.22 bits per heavy atom. The molecule has 0 atom stereocenters. The molecule has 0 radical (unpaired) electrons. The molecule has 2 N–H and O–H groups in total. The van der Waals surface area contributed by atoms with Gasteiger partial charge in [0.2, 0.25) is 0 Å². The van der Waals surface area contributed by atoms with Gasteiger partial charge in [-0.2, -0.15) is 10.4 Å². The highest BCUT2D eigenvalue weighted by molar-refractivity contribution is 6.04. The molecule has 0 unspecified atom stereocenters.